The van der Waals surface area contributed by atoms with Gasteiger partial charge < -0.3 is 5.73 Å². The predicted molar refractivity (Wildman–Crippen MR) is 69.8 cm³/mol. The summed E-state index contributed by atoms with van der Waals surface area (Å²) in [6, 6.07) is 0. The molecule has 0 bridgehead atoms. The van der Waals surface area contributed by atoms with Crippen LogP contribution in [-0.4, -0.2) is 40.6 Å². The zero-order valence-electron chi connectivity index (χ0n) is 10.2. The molecule has 0 aliphatic heterocycles. The molecule has 1 aromatic rings. The van der Waals surface area contributed by atoms with E-state index in [1.807, 2.05) is 0 Å². The van der Waals surface area contributed by atoms with Gasteiger partial charge in [-0.25, -0.2) is 23.1 Å². The Morgan fingerprint density at radius 3 is 2.50 bits per heavy atom. The van der Waals surface area contributed by atoms with Crippen molar-refractivity contribution in [2.75, 3.05) is 18.5 Å². The molecule has 1 heterocycles. The fourth-order valence-corrected chi connectivity index (χ4v) is 2.50. The number of rotatable bonds is 6. The maximum Gasteiger partial charge on any atom is 0.243 e. The Morgan fingerprint density at radius 2 is 2.00 bits per heavy atom. The van der Waals surface area contributed by atoms with Gasteiger partial charge in [0.25, 0.3) is 0 Å². The average Bonchev–Trinajstić information content (AvgIpc) is 2.29. The Balaban J connectivity index is 2.60. The second-order valence-corrected chi connectivity index (χ2v) is 7.34. The van der Waals surface area contributed by atoms with Gasteiger partial charge in [-0.1, -0.05) is 6.92 Å². The van der Waals surface area contributed by atoms with Gasteiger partial charge in [0.15, 0.2) is 0 Å². The molecule has 0 aliphatic rings. The standard InChI is InChI=1S/C9H16N4O3S2/c1-7(17(2)14)3-4-13-18(15,16)8-5-11-9(10)12-6-8/h5-7,13H,3-4H2,1-2H3,(H2,10,11,12). The maximum absolute atomic E-state index is 11.8. The molecule has 0 amide bonds. The Bertz CT molecular complexity index is 515. The summed E-state index contributed by atoms with van der Waals surface area (Å²) in [6.45, 7) is 2.02. The number of hydrogen-bond acceptors (Lipinski definition) is 6. The molecule has 0 aromatic carbocycles. The summed E-state index contributed by atoms with van der Waals surface area (Å²) < 4.78 is 37.1. The number of anilines is 1. The number of nitrogens with two attached hydrogens (primary N) is 1. The molecule has 102 valence electrons. The highest BCUT2D eigenvalue weighted by atomic mass is 32.2. The van der Waals surface area contributed by atoms with Gasteiger partial charge in [0.05, 0.1) is 12.4 Å². The lowest BCUT2D eigenvalue weighted by molar-refractivity contribution is 0.577. The van der Waals surface area contributed by atoms with Crippen molar-refractivity contribution in [2.24, 2.45) is 0 Å². The van der Waals surface area contributed by atoms with E-state index in [1.165, 1.54) is 0 Å². The number of nitrogen functional groups attached to an aromatic ring is 1. The highest BCUT2D eigenvalue weighted by Gasteiger charge is 2.15. The molecule has 9 heteroatoms. The van der Waals surface area contributed by atoms with E-state index in [0.717, 1.165) is 12.4 Å². The van der Waals surface area contributed by atoms with Crippen LogP contribution in [0.25, 0.3) is 0 Å². The van der Waals surface area contributed by atoms with E-state index in [9.17, 15) is 12.6 Å². The first-order valence-electron chi connectivity index (χ1n) is 5.22. The summed E-state index contributed by atoms with van der Waals surface area (Å²) in [6.07, 6.45) is 4.38. The topological polar surface area (TPSA) is 115 Å². The molecule has 0 aliphatic carbocycles. The summed E-state index contributed by atoms with van der Waals surface area (Å²) >= 11 is 0. The van der Waals surface area contributed by atoms with Gasteiger partial charge >= 0.3 is 0 Å². The van der Waals surface area contributed by atoms with Crippen molar-refractivity contribution in [3.8, 4) is 0 Å². The summed E-state index contributed by atoms with van der Waals surface area (Å²) in [7, 11) is -4.59. The second-order valence-electron chi connectivity index (χ2n) is 3.77. The molecule has 1 aromatic heterocycles. The Kier molecular flexibility index (Phi) is 5.17. The number of nitrogens with one attached hydrogen (secondary N) is 1. The van der Waals surface area contributed by atoms with E-state index >= 15 is 0 Å². The summed E-state index contributed by atoms with van der Waals surface area (Å²) in [5.41, 5.74) is 5.27. The van der Waals surface area contributed by atoms with Crippen LogP contribution in [0.2, 0.25) is 0 Å². The first-order valence-corrected chi connectivity index (χ1v) is 8.33. The smallest absolute Gasteiger partial charge is 0.243 e. The number of hydrogen-bond donors (Lipinski definition) is 2. The Hall–Kier alpha value is -1.06. The fraction of sp³-hybridized carbons (Fsp3) is 0.556. The molecule has 0 saturated carbocycles. The summed E-state index contributed by atoms with van der Waals surface area (Å²) in [5.74, 6) is 0.0175. The third kappa shape index (κ3) is 4.31. The van der Waals surface area contributed by atoms with Crippen LogP contribution in [0.5, 0.6) is 0 Å². The van der Waals surface area contributed by atoms with E-state index in [0.29, 0.717) is 6.42 Å². The monoisotopic (exact) mass is 292 g/mol. The van der Waals surface area contributed by atoms with Crippen LogP contribution in [0.15, 0.2) is 17.3 Å². The van der Waals surface area contributed by atoms with Crippen LogP contribution in [0.3, 0.4) is 0 Å². The second kappa shape index (κ2) is 6.21. The highest BCUT2D eigenvalue weighted by molar-refractivity contribution is 7.89. The molecule has 0 radical (unpaired) electrons. The number of nitrogens with zero attached hydrogens (tertiary/aromatic N) is 2. The molecular weight excluding hydrogens is 276 g/mol. The van der Waals surface area contributed by atoms with Crippen molar-refractivity contribution < 1.29 is 12.6 Å². The molecule has 0 saturated heterocycles. The predicted octanol–water partition coefficient (Wildman–Crippen LogP) is -0.506. The van der Waals surface area contributed by atoms with Gasteiger partial charge in [-0.15, -0.1) is 0 Å². The summed E-state index contributed by atoms with van der Waals surface area (Å²) in [5, 5.41) is -0.0598. The zero-order valence-corrected chi connectivity index (χ0v) is 11.8. The van der Waals surface area contributed by atoms with E-state index in [1.54, 1.807) is 13.2 Å². The Morgan fingerprint density at radius 1 is 1.44 bits per heavy atom. The van der Waals surface area contributed by atoms with Crippen LogP contribution >= 0.6 is 0 Å². The van der Waals surface area contributed by atoms with Crippen molar-refractivity contribution in [3.63, 3.8) is 0 Å². The number of sulfonamides is 1. The Labute approximate surface area is 109 Å². The van der Waals surface area contributed by atoms with Gasteiger partial charge in [0.2, 0.25) is 16.0 Å². The third-order valence-corrected chi connectivity index (χ3v) is 5.15. The van der Waals surface area contributed by atoms with Crippen molar-refractivity contribution in [1.82, 2.24) is 14.7 Å². The van der Waals surface area contributed by atoms with E-state index < -0.39 is 20.8 Å². The molecule has 1 rings (SSSR count). The maximum atomic E-state index is 11.8. The first-order chi connectivity index (χ1) is 8.33. The van der Waals surface area contributed by atoms with Crippen molar-refractivity contribution in [1.29, 1.82) is 0 Å². The quantitative estimate of drug-likeness (QED) is 0.730. The van der Waals surface area contributed by atoms with Crippen LogP contribution in [0.1, 0.15) is 13.3 Å². The molecule has 7 nitrogen and oxygen atoms in total. The van der Waals surface area contributed by atoms with Gasteiger partial charge in [0.1, 0.15) is 4.90 Å². The molecule has 2 unspecified atom stereocenters. The largest absolute Gasteiger partial charge is 0.368 e. The van der Waals surface area contributed by atoms with E-state index in [2.05, 4.69) is 14.7 Å². The van der Waals surface area contributed by atoms with Crippen LogP contribution < -0.4 is 10.5 Å². The van der Waals surface area contributed by atoms with Gasteiger partial charge in [-0.2, -0.15) is 0 Å². The van der Waals surface area contributed by atoms with Gasteiger partial charge in [0, 0.05) is 28.9 Å². The molecule has 0 spiro atoms. The highest BCUT2D eigenvalue weighted by Crippen LogP contribution is 2.06. The SMILES string of the molecule is CC(CCNS(=O)(=O)c1cnc(N)nc1)S(C)=O. The fourth-order valence-electron chi connectivity index (χ4n) is 1.11. The molecule has 0 fully saturated rings. The van der Waals surface area contributed by atoms with Crippen LogP contribution in [0, 0.1) is 0 Å². The lowest BCUT2D eigenvalue weighted by Crippen LogP contribution is -2.28. The van der Waals surface area contributed by atoms with Crippen LogP contribution in [0.4, 0.5) is 5.95 Å². The lowest BCUT2D eigenvalue weighted by atomic mass is 10.3. The molecule has 2 atom stereocenters. The van der Waals surface area contributed by atoms with Crippen molar-refractivity contribution in [2.45, 2.75) is 23.5 Å². The minimum absolute atomic E-state index is 0.0175. The van der Waals surface area contributed by atoms with E-state index in [4.69, 9.17) is 5.73 Å². The van der Waals surface area contributed by atoms with Gasteiger partial charge in [-0.05, 0) is 6.42 Å². The summed E-state index contributed by atoms with van der Waals surface area (Å²) in [4.78, 5) is 7.19. The molecule has 3 N–H and O–H groups in total. The van der Waals surface area contributed by atoms with Crippen LogP contribution in [-0.2, 0) is 20.8 Å². The van der Waals surface area contributed by atoms with E-state index in [-0.39, 0.29) is 22.6 Å². The minimum atomic E-state index is -3.63. The zero-order chi connectivity index (χ0) is 13.8. The first kappa shape index (κ1) is 15.0. The minimum Gasteiger partial charge on any atom is -0.368 e. The third-order valence-electron chi connectivity index (χ3n) is 2.37. The normalized spacial score (nSPS) is 15.2. The van der Waals surface area contributed by atoms with Gasteiger partial charge in [-0.3, -0.25) is 4.21 Å². The molecule has 18 heavy (non-hydrogen) atoms. The van der Waals surface area contributed by atoms with Crippen molar-refractivity contribution in [3.05, 3.63) is 12.4 Å². The van der Waals surface area contributed by atoms with Crippen molar-refractivity contribution >= 4 is 26.8 Å². The average molecular weight is 292 g/mol. The lowest BCUT2D eigenvalue weighted by Gasteiger charge is -2.09. The number of aromatic nitrogens is 2. The molecular formula is C9H16N4O3S2.